The molecule has 0 radical (unpaired) electrons. The number of carbonyl (C=O) groups is 1. The average molecular weight is 298 g/mol. The van der Waals surface area contributed by atoms with Crippen LogP contribution in [0, 0.1) is 5.41 Å². The summed E-state index contributed by atoms with van der Waals surface area (Å²) in [6.07, 6.45) is 16.6. The van der Waals surface area contributed by atoms with Gasteiger partial charge in [0.05, 0.1) is 0 Å². The molecule has 0 fully saturated rings. The van der Waals surface area contributed by atoms with E-state index >= 15 is 0 Å². The number of rotatable bonds is 5. The lowest BCUT2D eigenvalue weighted by Gasteiger charge is -2.29. The van der Waals surface area contributed by atoms with Gasteiger partial charge in [0.25, 0.3) is 0 Å². The third kappa shape index (κ3) is 5.72. The largest absolute Gasteiger partial charge is 0.478 e. The van der Waals surface area contributed by atoms with E-state index in [4.69, 9.17) is 5.11 Å². The van der Waals surface area contributed by atoms with Gasteiger partial charge in [-0.2, -0.15) is 0 Å². The van der Waals surface area contributed by atoms with Crippen LogP contribution in [0.15, 0.2) is 70.9 Å². The molecule has 0 heterocycles. The maximum Gasteiger partial charge on any atom is 0.328 e. The second kappa shape index (κ2) is 7.79. The van der Waals surface area contributed by atoms with Crippen molar-refractivity contribution in [2.24, 2.45) is 5.41 Å². The highest BCUT2D eigenvalue weighted by atomic mass is 16.4. The standard InChI is InChI=1S/C20H26O2/c1-15(8-6-9-16(2)14-19(21)22)11-12-18-17(3)10-7-13-20(18,4)5/h6-12,14H,13H2,1-5H3,(H,21,22)/b9-6-,12-11+,15-8+,16-14+. The van der Waals surface area contributed by atoms with Crippen molar-refractivity contribution in [1.82, 2.24) is 0 Å². The summed E-state index contributed by atoms with van der Waals surface area (Å²) in [6, 6.07) is 0. The summed E-state index contributed by atoms with van der Waals surface area (Å²) in [5.74, 6) is -0.919. The van der Waals surface area contributed by atoms with Gasteiger partial charge in [-0.05, 0) is 49.3 Å². The lowest BCUT2D eigenvalue weighted by atomic mass is 9.75. The van der Waals surface area contributed by atoms with Gasteiger partial charge >= 0.3 is 5.97 Å². The van der Waals surface area contributed by atoms with E-state index in [2.05, 4.69) is 45.1 Å². The molecule has 0 amide bonds. The van der Waals surface area contributed by atoms with Crippen molar-refractivity contribution in [3.8, 4) is 0 Å². The van der Waals surface area contributed by atoms with Crippen LogP contribution in [0.1, 0.15) is 41.0 Å². The molecular weight excluding hydrogens is 272 g/mol. The Kier molecular flexibility index (Phi) is 6.36. The molecule has 0 aromatic rings. The van der Waals surface area contributed by atoms with Gasteiger partial charge in [-0.1, -0.05) is 62.0 Å². The number of carboxylic acids is 1. The minimum atomic E-state index is -0.919. The first kappa shape index (κ1) is 18.0. The van der Waals surface area contributed by atoms with E-state index in [1.54, 1.807) is 13.0 Å². The first-order valence-electron chi connectivity index (χ1n) is 7.54. The second-order valence-electron chi connectivity index (χ2n) is 6.42. The van der Waals surface area contributed by atoms with E-state index in [-0.39, 0.29) is 5.41 Å². The van der Waals surface area contributed by atoms with E-state index < -0.39 is 5.97 Å². The SMILES string of the molecule is CC1=C(/C=C/C(C)=C/C=C\C(C)=C\C(=O)O)C(C)(C)CC=C1. The molecule has 0 aliphatic heterocycles. The zero-order chi connectivity index (χ0) is 16.8. The summed E-state index contributed by atoms with van der Waals surface area (Å²) >= 11 is 0. The van der Waals surface area contributed by atoms with Crippen molar-refractivity contribution in [1.29, 1.82) is 0 Å². The molecule has 0 unspecified atom stereocenters. The van der Waals surface area contributed by atoms with Crippen LogP contribution >= 0.6 is 0 Å². The number of carboxylic acid groups (broad SMARTS) is 1. The first-order valence-corrected chi connectivity index (χ1v) is 7.54. The highest BCUT2D eigenvalue weighted by Gasteiger charge is 2.23. The smallest absolute Gasteiger partial charge is 0.328 e. The lowest BCUT2D eigenvalue weighted by Crippen LogP contribution is -2.16. The van der Waals surface area contributed by atoms with E-state index in [9.17, 15) is 4.79 Å². The predicted molar refractivity (Wildman–Crippen MR) is 93.7 cm³/mol. The molecule has 118 valence electrons. The van der Waals surface area contributed by atoms with Crippen LogP contribution in [0.3, 0.4) is 0 Å². The maximum absolute atomic E-state index is 10.5. The summed E-state index contributed by atoms with van der Waals surface area (Å²) in [5.41, 5.74) is 4.71. The number of hydrogen-bond donors (Lipinski definition) is 1. The van der Waals surface area contributed by atoms with E-state index in [1.807, 2.05) is 19.1 Å². The minimum absolute atomic E-state index is 0.173. The summed E-state index contributed by atoms with van der Waals surface area (Å²) in [4.78, 5) is 10.5. The molecular formula is C20H26O2. The van der Waals surface area contributed by atoms with Crippen LogP contribution in [-0.2, 0) is 4.79 Å². The fraction of sp³-hybridized carbons (Fsp3) is 0.350. The molecule has 1 rings (SSSR count). The molecule has 0 atom stereocenters. The van der Waals surface area contributed by atoms with Gasteiger partial charge in [-0.15, -0.1) is 0 Å². The Labute approximate surface area is 133 Å². The number of aliphatic carboxylic acids is 1. The summed E-state index contributed by atoms with van der Waals surface area (Å²) in [6.45, 7) is 10.5. The Morgan fingerprint density at radius 3 is 2.50 bits per heavy atom. The van der Waals surface area contributed by atoms with Gasteiger partial charge < -0.3 is 5.11 Å². The highest BCUT2D eigenvalue weighted by molar-refractivity contribution is 5.81. The van der Waals surface area contributed by atoms with Crippen LogP contribution in [0.25, 0.3) is 0 Å². The zero-order valence-electron chi connectivity index (χ0n) is 14.2. The molecule has 0 aromatic carbocycles. The Morgan fingerprint density at radius 2 is 1.91 bits per heavy atom. The van der Waals surface area contributed by atoms with Crippen LogP contribution in [-0.4, -0.2) is 11.1 Å². The molecule has 0 aromatic heterocycles. The number of hydrogen-bond acceptors (Lipinski definition) is 1. The van der Waals surface area contributed by atoms with Crippen molar-refractivity contribution < 1.29 is 9.90 Å². The van der Waals surface area contributed by atoms with Crippen molar-refractivity contribution in [2.75, 3.05) is 0 Å². The average Bonchev–Trinajstić information content (AvgIpc) is 2.36. The second-order valence-corrected chi connectivity index (χ2v) is 6.42. The van der Waals surface area contributed by atoms with Crippen LogP contribution in [0.2, 0.25) is 0 Å². The molecule has 0 saturated heterocycles. The molecule has 2 heteroatoms. The summed E-state index contributed by atoms with van der Waals surface area (Å²) in [7, 11) is 0. The van der Waals surface area contributed by atoms with Crippen molar-refractivity contribution in [2.45, 2.75) is 41.0 Å². The maximum atomic E-state index is 10.5. The fourth-order valence-corrected chi connectivity index (χ4v) is 2.49. The van der Waals surface area contributed by atoms with Gasteiger partial charge in [-0.3, -0.25) is 0 Å². The first-order chi connectivity index (χ1) is 10.2. The topological polar surface area (TPSA) is 37.3 Å². The molecule has 2 nitrogen and oxygen atoms in total. The monoisotopic (exact) mass is 298 g/mol. The van der Waals surface area contributed by atoms with Crippen molar-refractivity contribution in [3.63, 3.8) is 0 Å². The molecule has 22 heavy (non-hydrogen) atoms. The Bertz CT molecular complexity index is 606. The van der Waals surface area contributed by atoms with Crippen molar-refractivity contribution >= 4 is 5.97 Å². The third-order valence-corrected chi connectivity index (χ3v) is 3.73. The van der Waals surface area contributed by atoms with Crippen LogP contribution < -0.4 is 0 Å². The number of allylic oxidation sites excluding steroid dienone is 11. The van der Waals surface area contributed by atoms with Gasteiger partial charge in [0.2, 0.25) is 0 Å². The normalized spacial score (nSPS) is 19.5. The predicted octanol–water partition coefficient (Wildman–Crippen LogP) is 5.38. The summed E-state index contributed by atoms with van der Waals surface area (Å²) < 4.78 is 0. The Morgan fingerprint density at radius 1 is 1.23 bits per heavy atom. The molecule has 0 saturated carbocycles. The minimum Gasteiger partial charge on any atom is -0.478 e. The quantitative estimate of drug-likeness (QED) is 0.546. The van der Waals surface area contributed by atoms with Crippen molar-refractivity contribution in [3.05, 3.63) is 70.9 Å². The molecule has 1 N–H and O–H groups in total. The molecule has 0 bridgehead atoms. The Balaban J connectivity index is 2.82. The fourth-order valence-electron chi connectivity index (χ4n) is 2.49. The van der Waals surface area contributed by atoms with Gasteiger partial charge in [0.1, 0.15) is 0 Å². The van der Waals surface area contributed by atoms with E-state index in [1.165, 1.54) is 17.2 Å². The molecule has 1 aliphatic rings. The summed E-state index contributed by atoms with van der Waals surface area (Å²) in [5, 5.41) is 8.65. The lowest BCUT2D eigenvalue weighted by molar-refractivity contribution is -0.131. The highest BCUT2D eigenvalue weighted by Crippen LogP contribution is 2.37. The van der Waals surface area contributed by atoms with E-state index in [0.29, 0.717) is 0 Å². The van der Waals surface area contributed by atoms with E-state index in [0.717, 1.165) is 17.6 Å². The Hall–Kier alpha value is -2.09. The molecule has 0 spiro atoms. The molecule has 1 aliphatic carbocycles. The van der Waals surface area contributed by atoms with Gasteiger partial charge in [0, 0.05) is 6.08 Å². The van der Waals surface area contributed by atoms with Crippen LogP contribution in [0.5, 0.6) is 0 Å². The third-order valence-electron chi connectivity index (χ3n) is 3.73. The van der Waals surface area contributed by atoms with Crippen LogP contribution in [0.4, 0.5) is 0 Å². The van der Waals surface area contributed by atoms with Gasteiger partial charge in [-0.25, -0.2) is 4.79 Å². The zero-order valence-corrected chi connectivity index (χ0v) is 14.2. The van der Waals surface area contributed by atoms with Gasteiger partial charge in [0.15, 0.2) is 0 Å².